The summed E-state index contributed by atoms with van der Waals surface area (Å²) < 4.78 is 29.9. The number of thiazole rings is 1. The van der Waals surface area contributed by atoms with E-state index in [1.54, 1.807) is 41.7 Å². The number of rotatable bonds is 17. The molecule has 5 heterocycles. The number of fused-ring (bicyclic) bond motifs is 5. The second-order valence-corrected chi connectivity index (χ2v) is 18.0. The Balaban J connectivity index is 0.000000982. The van der Waals surface area contributed by atoms with Crippen molar-refractivity contribution in [1.29, 1.82) is 0 Å². The average molecular weight is 1020 g/mol. The summed E-state index contributed by atoms with van der Waals surface area (Å²) in [4.78, 5) is 67.5. The van der Waals surface area contributed by atoms with Gasteiger partial charge in [-0.25, -0.2) is 24.1 Å². The lowest BCUT2D eigenvalue weighted by atomic mass is 10.0. The number of aromatic nitrogens is 6. The third-order valence-corrected chi connectivity index (χ3v) is 11.0. The van der Waals surface area contributed by atoms with Crippen molar-refractivity contribution >= 4 is 47.0 Å². The number of hydrogen-bond donors (Lipinski definition) is 5. The highest BCUT2D eigenvalue weighted by molar-refractivity contribution is 7.11. The monoisotopic (exact) mass is 1010 g/mol. The lowest BCUT2D eigenvalue weighted by molar-refractivity contribution is -0.131. The van der Waals surface area contributed by atoms with Crippen LogP contribution in [0, 0.1) is 24.6 Å². The number of aromatic amines is 2. The van der Waals surface area contributed by atoms with Crippen LogP contribution < -0.4 is 15.4 Å². The Morgan fingerprint density at radius 3 is 2.10 bits per heavy atom. The molecule has 0 aliphatic carbocycles. The number of amides is 2. The van der Waals surface area contributed by atoms with Crippen molar-refractivity contribution in [3.05, 3.63) is 82.3 Å². The number of terminal acetylenes is 1. The molecule has 1 aliphatic heterocycles. The number of carboxylic acid groups (broad SMARTS) is 1. The average Bonchev–Trinajstić information content (AvgIpc) is 4.19. The first-order valence-electron chi connectivity index (χ1n) is 24.2. The molecule has 6 aromatic rings. The van der Waals surface area contributed by atoms with Crippen LogP contribution in [-0.4, -0.2) is 117 Å². The zero-order valence-corrected chi connectivity index (χ0v) is 44.6. The summed E-state index contributed by atoms with van der Waals surface area (Å²) in [6.07, 6.45) is 18.1. The number of likely N-dealkylation sites (N-methyl/N-ethyl adjacent to an activating group) is 1. The molecule has 0 bridgehead atoms. The Bertz CT molecular complexity index is 2580. The van der Waals surface area contributed by atoms with Gasteiger partial charge in [-0.2, -0.15) is 0 Å². The maximum atomic E-state index is 16.5. The molecule has 2 amide bonds. The lowest BCUT2D eigenvalue weighted by Gasteiger charge is -2.29. The molecule has 4 aromatic heterocycles. The van der Waals surface area contributed by atoms with E-state index in [0.717, 1.165) is 75.7 Å². The summed E-state index contributed by atoms with van der Waals surface area (Å²) in [6.45, 7) is 19.4. The van der Waals surface area contributed by atoms with Gasteiger partial charge in [0.25, 0.3) is 6.47 Å². The first kappa shape index (κ1) is 61.2. The lowest BCUT2D eigenvalue weighted by Crippen LogP contribution is -2.40. The normalized spacial score (nSPS) is 11.8. The number of nitrogens with zero attached hydrogens (tertiary/aromatic N) is 6. The number of ether oxygens (including phenoxy) is 2. The molecule has 0 fully saturated rings. The van der Waals surface area contributed by atoms with Crippen molar-refractivity contribution in [1.82, 2.24) is 49.9 Å². The zero-order chi connectivity index (χ0) is 53.8. The third-order valence-electron chi connectivity index (χ3n) is 9.97. The largest absolute Gasteiger partial charge is 0.483 e. The predicted molar refractivity (Wildman–Crippen MR) is 285 cm³/mol. The van der Waals surface area contributed by atoms with Crippen LogP contribution in [0.4, 0.5) is 9.18 Å². The standard InChI is InChI=1S/C41H48FN9O4S.C3H7NO.2C3H8.C2H2.CH2O2/c1-7-11-49(5)22-35-43-19-30(48-35)26-15-28(42)39-32-16-27-14-25(29-18-44-36(47-29)23-50(12-8-2)38(52)21-46-41(53)54-6)9-10-31(27)51(32)40(55-33(39)17-26)34-20-45-37(56-34)13-24(3)4;1-4-2-3-5;2*1-3-2;1-2;2-1-3/h9-10,14-20,24,40H,7-8,11-13,21-23H2,1-6H3,(H,43,48)(H,44,47)(H,46,53);3-4H,2H2,1H3;2*3H2,1-2H3;1-2H;1H,(H,2,3). The van der Waals surface area contributed by atoms with Crippen LogP contribution in [0.2, 0.25) is 0 Å². The molecule has 17 nitrogen and oxygen atoms in total. The highest BCUT2D eigenvalue weighted by Gasteiger charge is 2.33. The van der Waals surface area contributed by atoms with Gasteiger partial charge in [-0.05, 0) is 69.7 Å². The molecule has 1 aliphatic rings. The van der Waals surface area contributed by atoms with Crippen LogP contribution in [0.25, 0.3) is 44.7 Å². The number of hydrogen-bond acceptors (Lipinski definition) is 12. The Morgan fingerprint density at radius 2 is 1.54 bits per heavy atom. The Morgan fingerprint density at radius 1 is 0.931 bits per heavy atom. The number of benzene rings is 2. The van der Waals surface area contributed by atoms with E-state index in [4.69, 9.17) is 19.6 Å². The molecule has 72 heavy (non-hydrogen) atoms. The number of aldehydes is 1. The van der Waals surface area contributed by atoms with Crippen LogP contribution >= 0.6 is 11.3 Å². The van der Waals surface area contributed by atoms with E-state index >= 15 is 4.39 Å². The summed E-state index contributed by atoms with van der Waals surface area (Å²) in [7, 11) is 5.04. The molecule has 19 heteroatoms. The predicted octanol–water partition coefficient (Wildman–Crippen LogP) is 9.95. The number of alkyl carbamates (subject to hydrolysis) is 1. The highest BCUT2D eigenvalue weighted by atomic mass is 32.1. The first-order chi connectivity index (χ1) is 34.7. The van der Waals surface area contributed by atoms with E-state index in [1.807, 2.05) is 37.4 Å². The number of halogens is 1. The van der Waals surface area contributed by atoms with Gasteiger partial charge >= 0.3 is 6.09 Å². The smallest absolute Gasteiger partial charge is 0.407 e. The number of H-pyrrole nitrogens is 2. The van der Waals surface area contributed by atoms with Crippen LogP contribution in [0.3, 0.4) is 0 Å². The first-order valence-corrected chi connectivity index (χ1v) is 25.0. The molecule has 2 aromatic carbocycles. The molecule has 7 rings (SSSR count). The maximum Gasteiger partial charge on any atom is 0.407 e. The van der Waals surface area contributed by atoms with Crippen molar-refractivity contribution in [2.75, 3.05) is 47.4 Å². The number of carbonyl (C=O) groups is 4. The molecule has 0 spiro atoms. The van der Waals surface area contributed by atoms with Crippen molar-refractivity contribution in [2.24, 2.45) is 5.92 Å². The van der Waals surface area contributed by atoms with Gasteiger partial charge in [0, 0.05) is 35.7 Å². The van der Waals surface area contributed by atoms with E-state index in [-0.39, 0.29) is 25.5 Å². The second kappa shape index (κ2) is 32.9. The Hall–Kier alpha value is -6.88. The number of nitrogens with one attached hydrogen (secondary N) is 4. The minimum atomic E-state index is -0.663. The zero-order valence-electron chi connectivity index (χ0n) is 43.8. The van der Waals surface area contributed by atoms with Gasteiger partial charge in [-0.1, -0.05) is 74.3 Å². The Kier molecular flexibility index (Phi) is 28.0. The second-order valence-electron chi connectivity index (χ2n) is 16.9. The van der Waals surface area contributed by atoms with Crippen LogP contribution in [0.1, 0.15) is 109 Å². The van der Waals surface area contributed by atoms with Gasteiger partial charge < -0.3 is 44.9 Å². The fourth-order valence-corrected chi connectivity index (χ4v) is 8.37. The van der Waals surface area contributed by atoms with Gasteiger partial charge in [0.15, 0.2) is 0 Å². The summed E-state index contributed by atoms with van der Waals surface area (Å²) in [5, 5.41) is 13.9. The van der Waals surface area contributed by atoms with Crippen molar-refractivity contribution in [3.8, 4) is 52.4 Å². The minimum Gasteiger partial charge on any atom is -0.483 e. The van der Waals surface area contributed by atoms with Gasteiger partial charge in [-0.3, -0.25) is 19.1 Å². The van der Waals surface area contributed by atoms with Crippen molar-refractivity contribution in [3.63, 3.8) is 0 Å². The van der Waals surface area contributed by atoms with E-state index in [9.17, 15) is 14.4 Å². The van der Waals surface area contributed by atoms with E-state index in [2.05, 4.69) is 119 Å². The summed E-state index contributed by atoms with van der Waals surface area (Å²) in [5.74, 6) is 1.68. The molecule has 0 radical (unpaired) electrons. The summed E-state index contributed by atoms with van der Waals surface area (Å²) in [5.41, 5.74) is 5.01. The van der Waals surface area contributed by atoms with Crippen LogP contribution in [0.5, 0.6) is 5.75 Å². The van der Waals surface area contributed by atoms with Gasteiger partial charge in [-0.15, -0.1) is 24.2 Å². The van der Waals surface area contributed by atoms with E-state index < -0.39 is 18.1 Å². The SMILES string of the molecule is C#C.CCC.CCC.CCCN(C)Cc1ncc(-c2cc(F)c3c(c2)OC(c2cnc(CC(C)C)s2)n2c-3cc3cc(-c4cnc(CN(CCC)C(=O)CNC(=O)OC)[nH]4)ccc32)[nH]1.CNCC=O.O=CO. The fourth-order valence-electron chi connectivity index (χ4n) is 7.22. The molecule has 1 unspecified atom stereocenters. The number of methoxy groups -OCH3 is 1. The molecule has 0 saturated carbocycles. The van der Waals surface area contributed by atoms with Crippen LogP contribution in [-0.2, 0) is 38.6 Å². The quantitative estimate of drug-likeness (QED) is 0.0427. The number of imidazole rings is 2. The highest BCUT2D eigenvalue weighted by Crippen LogP contribution is 2.48. The molecule has 392 valence electrons. The maximum absolute atomic E-state index is 16.5. The number of carbonyl (C=O) groups excluding carboxylic acids is 3. The molecular weight excluding hydrogens is 940 g/mol. The van der Waals surface area contributed by atoms with Crippen molar-refractivity contribution in [2.45, 2.75) is 107 Å². The minimum absolute atomic E-state index is 0.173. The molecular formula is C53H75FN10O7S. The van der Waals surface area contributed by atoms with Gasteiger partial charge in [0.2, 0.25) is 12.1 Å². The molecule has 5 N–H and O–H groups in total. The molecule has 1 atom stereocenters. The summed E-state index contributed by atoms with van der Waals surface area (Å²) in [6, 6.07) is 11.5. The molecule has 0 saturated heterocycles. The van der Waals surface area contributed by atoms with Crippen molar-refractivity contribution < 1.29 is 38.1 Å². The fraction of sp³-hybridized carbons (Fsp3) is 0.453. The topological polar surface area (TPSA) is 213 Å². The van der Waals surface area contributed by atoms with Gasteiger partial charge in [0.1, 0.15) is 36.0 Å². The summed E-state index contributed by atoms with van der Waals surface area (Å²) >= 11 is 1.61. The third kappa shape index (κ3) is 18.1. The Labute approximate surface area is 428 Å². The van der Waals surface area contributed by atoms with E-state index in [0.29, 0.717) is 53.9 Å². The van der Waals surface area contributed by atoms with Crippen LogP contribution in [0.15, 0.2) is 55.0 Å². The van der Waals surface area contributed by atoms with Gasteiger partial charge in [0.05, 0.1) is 77.2 Å². The van der Waals surface area contributed by atoms with E-state index in [1.165, 1.54) is 20.0 Å².